The third-order valence-electron chi connectivity index (χ3n) is 1.55. The van der Waals surface area contributed by atoms with Crippen LogP contribution in [0.1, 0.15) is 11.1 Å². The van der Waals surface area contributed by atoms with Gasteiger partial charge in [0.05, 0.1) is 5.56 Å². The lowest BCUT2D eigenvalue weighted by Gasteiger charge is -2.07. The Morgan fingerprint density at radius 2 is 1.93 bits per heavy atom. The van der Waals surface area contributed by atoms with E-state index in [1.165, 1.54) is 6.07 Å². The van der Waals surface area contributed by atoms with Crippen molar-refractivity contribution in [2.24, 2.45) is 0 Å². The van der Waals surface area contributed by atoms with Gasteiger partial charge in [0.2, 0.25) is 6.54 Å². The zero-order valence-electron chi connectivity index (χ0n) is 6.90. The Morgan fingerprint density at radius 1 is 1.29 bits per heavy atom. The Labute approximate surface area is 83.9 Å². The molecule has 0 amide bonds. The van der Waals surface area contributed by atoms with Crippen LogP contribution in [0.4, 0.5) is 13.2 Å². The van der Waals surface area contributed by atoms with E-state index in [1.807, 2.05) is 0 Å². The van der Waals surface area contributed by atoms with Gasteiger partial charge in [0.1, 0.15) is 0 Å². The van der Waals surface area contributed by atoms with Crippen molar-refractivity contribution in [2.45, 2.75) is 12.7 Å². The lowest BCUT2D eigenvalue weighted by Crippen LogP contribution is -2.05. The van der Waals surface area contributed by atoms with Crippen molar-refractivity contribution in [3.63, 3.8) is 0 Å². The van der Waals surface area contributed by atoms with Crippen LogP contribution >= 0.6 is 11.6 Å². The minimum atomic E-state index is -4.42. The Hall–Kier alpha value is -1.21. The van der Waals surface area contributed by atoms with Gasteiger partial charge in [-0.15, -0.1) is 0 Å². The van der Waals surface area contributed by atoms with Gasteiger partial charge in [-0.25, -0.2) is 6.57 Å². The largest absolute Gasteiger partial charge is 0.416 e. The van der Waals surface area contributed by atoms with E-state index in [0.29, 0.717) is 0 Å². The van der Waals surface area contributed by atoms with Gasteiger partial charge < -0.3 is 4.85 Å². The summed E-state index contributed by atoms with van der Waals surface area (Å²) in [4.78, 5) is 2.99. The molecule has 0 radical (unpaired) electrons. The SMILES string of the molecule is [C-]#[N+]Cc1cc(Cl)cc(C(F)(F)F)c1. The van der Waals surface area contributed by atoms with Gasteiger partial charge in [0.15, 0.2) is 0 Å². The second-order valence-corrected chi connectivity index (χ2v) is 3.10. The molecule has 0 unspecified atom stereocenters. The highest BCUT2D eigenvalue weighted by Crippen LogP contribution is 2.31. The lowest BCUT2D eigenvalue weighted by molar-refractivity contribution is -0.137. The molecule has 1 nitrogen and oxygen atoms in total. The second kappa shape index (κ2) is 3.89. The number of hydrogen-bond acceptors (Lipinski definition) is 0. The molecule has 0 atom stereocenters. The monoisotopic (exact) mass is 219 g/mol. The smallest absolute Gasteiger partial charge is 0.312 e. The van der Waals surface area contributed by atoms with E-state index in [9.17, 15) is 13.2 Å². The molecule has 0 fully saturated rings. The fourth-order valence-electron chi connectivity index (χ4n) is 0.997. The molecule has 0 aliphatic rings. The fraction of sp³-hybridized carbons (Fsp3) is 0.222. The summed E-state index contributed by atoms with van der Waals surface area (Å²) < 4.78 is 36.8. The standard InChI is InChI=1S/C9H5ClF3N/c1-14-5-6-2-7(9(11,12)13)4-8(10)3-6/h2-4H,5H2. The van der Waals surface area contributed by atoms with Crippen molar-refractivity contribution in [1.29, 1.82) is 0 Å². The lowest BCUT2D eigenvalue weighted by atomic mass is 10.1. The maximum absolute atomic E-state index is 12.3. The molecule has 0 heterocycles. The summed E-state index contributed by atoms with van der Waals surface area (Å²) in [7, 11) is 0. The molecule has 0 saturated heterocycles. The number of halogens is 4. The van der Waals surface area contributed by atoms with Crippen LogP contribution in [0.3, 0.4) is 0 Å². The highest BCUT2D eigenvalue weighted by molar-refractivity contribution is 6.30. The molecule has 1 rings (SSSR count). The van der Waals surface area contributed by atoms with Gasteiger partial charge in [-0.05, 0) is 18.2 Å². The summed E-state index contributed by atoms with van der Waals surface area (Å²) in [5.41, 5.74) is -0.538. The number of benzene rings is 1. The van der Waals surface area contributed by atoms with E-state index in [4.69, 9.17) is 18.2 Å². The van der Waals surface area contributed by atoms with E-state index in [0.717, 1.165) is 12.1 Å². The predicted octanol–water partition coefficient (Wildman–Crippen LogP) is 3.78. The van der Waals surface area contributed by atoms with Crippen LogP contribution in [0, 0.1) is 6.57 Å². The summed E-state index contributed by atoms with van der Waals surface area (Å²) in [6.45, 7) is 6.44. The average molecular weight is 220 g/mol. The molecule has 0 saturated carbocycles. The summed E-state index contributed by atoms with van der Waals surface area (Å²) >= 11 is 5.49. The first-order chi connectivity index (χ1) is 6.43. The Morgan fingerprint density at radius 3 is 2.43 bits per heavy atom. The van der Waals surface area contributed by atoms with Gasteiger partial charge in [-0.1, -0.05) is 11.6 Å². The molecule has 74 valence electrons. The van der Waals surface area contributed by atoms with Gasteiger partial charge in [-0.2, -0.15) is 13.2 Å². The Balaban J connectivity index is 3.15. The van der Waals surface area contributed by atoms with Crippen LogP contribution in [0.5, 0.6) is 0 Å². The van der Waals surface area contributed by atoms with Crippen molar-refractivity contribution < 1.29 is 13.2 Å². The molecular formula is C9H5ClF3N. The van der Waals surface area contributed by atoms with Crippen molar-refractivity contribution in [3.05, 3.63) is 45.8 Å². The summed E-state index contributed by atoms with van der Waals surface area (Å²) in [6, 6.07) is 3.13. The van der Waals surface area contributed by atoms with E-state index < -0.39 is 11.7 Å². The first-order valence-corrected chi connectivity index (χ1v) is 4.01. The summed E-state index contributed by atoms with van der Waals surface area (Å²) in [6.07, 6.45) is -4.42. The van der Waals surface area contributed by atoms with E-state index in [-0.39, 0.29) is 17.1 Å². The van der Waals surface area contributed by atoms with Crippen LogP contribution in [0.15, 0.2) is 18.2 Å². The molecule has 0 spiro atoms. The number of hydrogen-bond donors (Lipinski definition) is 0. The zero-order valence-corrected chi connectivity index (χ0v) is 7.65. The van der Waals surface area contributed by atoms with Crippen molar-refractivity contribution in [1.82, 2.24) is 0 Å². The highest BCUT2D eigenvalue weighted by Gasteiger charge is 2.31. The third-order valence-corrected chi connectivity index (χ3v) is 1.76. The highest BCUT2D eigenvalue weighted by atomic mass is 35.5. The maximum atomic E-state index is 12.3. The van der Waals surface area contributed by atoms with E-state index >= 15 is 0 Å². The normalized spacial score (nSPS) is 11.1. The molecule has 0 bridgehead atoms. The maximum Gasteiger partial charge on any atom is 0.416 e. The molecule has 1 aromatic carbocycles. The number of nitrogens with zero attached hydrogens (tertiary/aromatic N) is 1. The van der Waals surface area contributed by atoms with E-state index in [2.05, 4.69) is 4.85 Å². The van der Waals surface area contributed by atoms with Crippen molar-refractivity contribution in [2.75, 3.05) is 0 Å². The molecular weight excluding hydrogens is 215 g/mol. The number of alkyl halides is 3. The van der Waals surface area contributed by atoms with Crippen LogP contribution in [0.25, 0.3) is 4.85 Å². The van der Waals surface area contributed by atoms with Gasteiger partial charge in [0.25, 0.3) is 0 Å². The third kappa shape index (κ3) is 2.64. The Bertz CT molecular complexity index is 379. The van der Waals surface area contributed by atoms with Gasteiger partial charge >= 0.3 is 6.18 Å². The molecule has 0 aliphatic heterocycles. The summed E-state index contributed by atoms with van der Waals surface area (Å²) in [5.74, 6) is 0. The topological polar surface area (TPSA) is 4.36 Å². The minimum absolute atomic E-state index is 0.00141. The zero-order chi connectivity index (χ0) is 10.8. The first-order valence-electron chi connectivity index (χ1n) is 3.63. The van der Waals surface area contributed by atoms with Gasteiger partial charge in [-0.3, -0.25) is 0 Å². The molecule has 1 aromatic rings. The average Bonchev–Trinajstić information content (AvgIpc) is 2.02. The first kappa shape index (κ1) is 10.9. The number of rotatable bonds is 1. The molecule has 0 aromatic heterocycles. The van der Waals surface area contributed by atoms with Crippen molar-refractivity contribution in [3.8, 4) is 0 Å². The van der Waals surface area contributed by atoms with Crippen LogP contribution < -0.4 is 0 Å². The minimum Gasteiger partial charge on any atom is -0.312 e. The second-order valence-electron chi connectivity index (χ2n) is 2.66. The molecule has 0 aliphatic carbocycles. The molecule has 0 N–H and O–H groups in total. The molecule has 14 heavy (non-hydrogen) atoms. The van der Waals surface area contributed by atoms with Crippen molar-refractivity contribution >= 4 is 11.6 Å². The summed E-state index contributed by atoms with van der Waals surface area (Å²) in [5, 5.41) is -0.00141. The van der Waals surface area contributed by atoms with Crippen LogP contribution in [0.2, 0.25) is 5.02 Å². The predicted molar refractivity (Wildman–Crippen MR) is 46.8 cm³/mol. The van der Waals surface area contributed by atoms with Crippen LogP contribution in [-0.4, -0.2) is 0 Å². The molecule has 5 heteroatoms. The van der Waals surface area contributed by atoms with Crippen LogP contribution in [-0.2, 0) is 12.7 Å². The fourth-order valence-corrected chi connectivity index (χ4v) is 1.25. The Kier molecular flexibility index (Phi) is 3.02. The quantitative estimate of drug-likeness (QED) is 0.633. The van der Waals surface area contributed by atoms with E-state index in [1.54, 1.807) is 0 Å². The van der Waals surface area contributed by atoms with Gasteiger partial charge in [0, 0.05) is 10.6 Å².